The van der Waals surface area contributed by atoms with Crippen LogP contribution in [0.25, 0.3) is 0 Å². The number of likely N-dealkylation sites (N-methyl/N-ethyl adjacent to an activating group) is 1. The van der Waals surface area contributed by atoms with Crippen LogP contribution in [0.1, 0.15) is 12.0 Å². The zero-order chi connectivity index (χ0) is 14.3. The Bertz CT molecular complexity index is 656. The van der Waals surface area contributed by atoms with Gasteiger partial charge in [0, 0.05) is 32.5 Å². The van der Waals surface area contributed by atoms with Gasteiger partial charge in [-0.15, -0.1) is 0 Å². The molecule has 6 nitrogen and oxygen atoms in total. The monoisotopic (exact) mass is 296 g/mol. The molecule has 1 aromatic rings. The van der Waals surface area contributed by atoms with Crippen molar-refractivity contribution < 1.29 is 17.9 Å². The number of fused-ring (bicyclic) bond motifs is 1. The molecule has 2 aliphatic heterocycles. The highest BCUT2D eigenvalue weighted by molar-refractivity contribution is 7.89. The summed E-state index contributed by atoms with van der Waals surface area (Å²) in [4.78, 5) is 13.2. The molecular weight excluding hydrogens is 280 g/mol. The zero-order valence-electron chi connectivity index (χ0n) is 11.1. The number of likely N-dealkylation sites (tertiary alicyclic amines) is 1. The van der Waals surface area contributed by atoms with Crippen LogP contribution in [-0.2, 0) is 21.2 Å². The van der Waals surface area contributed by atoms with E-state index in [4.69, 9.17) is 4.74 Å². The maximum Gasteiger partial charge on any atom is 0.240 e. The van der Waals surface area contributed by atoms with Crippen LogP contribution in [0.15, 0.2) is 23.1 Å². The van der Waals surface area contributed by atoms with Gasteiger partial charge in [-0.1, -0.05) is 0 Å². The molecule has 1 fully saturated rings. The Hall–Kier alpha value is -1.60. The van der Waals surface area contributed by atoms with Crippen LogP contribution in [0.4, 0.5) is 0 Å². The van der Waals surface area contributed by atoms with Crippen LogP contribution < -0.4 is 9.46 Å². The molecule has 0 bridgehead atoms. The first kappa shape index (κ1) is 13.4. The number of hydrogen-bond acceptors (Lipinski definition) is 4. The van der Waals surface area contributed by atoms with E-state index in [1.54, 1.807) is 19.2 Å². The predicted octanol–water partition coefficient (Wildman–Crippen LogP) is 0.130. The smallest absolute Gasteiger partial charge is 0.240 e. The molecule has 1 atom stereocenters. The maximum absolute atomic E-state index is 12.3. The van der Waals surface area contributed by atoms with Crippen molar-refractivity contribution in [3.63, 3.8) is 0 Å². The number of ether oxygens (including phenoxy) is 1. The molecule has 0 unspecified atom stereocenters. The van der Waals surface area contributed by atoms with Crippen molar-refractivity contribution in [2.24, 2.45) is 0 Å². The normalized spacial score (nSPS) is 21.9. The fraction of sp³-hybridized carbons (Fsp3) is 0.462. The molecular formula is C13H16N2O4S. The van der Waals surface area contributed by atoms with Crippen LogP contribution in [0, 0.1) is 0 Å². The van der Waals surface area contributed by atoms with Gasteiger partial charge in [-0.25, -0.2) is 13.1 Å². The quantitative estimate of drug-likeness (QED) is 0.860. The summed E-state index contributed by atoms with van der Waals surface area (Å²) in [5.74, 6) is 0.708. The second kappa shape index (κ2) is 4.75. The molecule has 0 aliphatic carbocycles. The molecule has 1 aromatic carbocycles. The van der Waals surface area contributed by atoms with Gasteiger partial charge >= 0.3 is 0 Å². The van der Waals surface area contributed by atoms with E-state index in [-0.39, 0.29) is 23.3 Å². The van der Waals surface area contributed by atoms with Crippen LogP contribution in [-0.4, -0.2) is 45.5 Å². The number of carbonyl (C=O) groups excluding carboxylic acids is 1. The van der Waals surface area contributed by atoms with Crippen molar-refractivity contribution in [3.05, 3.63) is 23.8 Å². The number of sulfonamides is 1. The second-order valence-electron chi connectivity index (χ2n) is 5.16. The summed E-state index contributed by atoms with van der Waals surface area (Å²) in [6.07, 6.45) is 0.938. The number of nitrogens with one attached hydrogen (secondary N) is 1. The van der Waals surface area contributed by atoms with Gasteiger partial charge in [-0.05, 0) is 23.8 Å². The summed E-state index contributed by atoms with van der Waals surface area (Å²) in [5, 5.41) is 0. The number of carbonyl (C=O) groups is 1. The van der Waals surface area contributed by atoms with Gasteiger partial charge in [0.15, 0.2) is 0 Å². The van der Waals surface area contributed by atoms with Crippen LogP contribution in [0.5, 0.6) is 5.75 Å². The molecule has 2 heterocycles. The summed E-state index contributed by atoms with van der Waals surface area (Å²) in [7, 11) is -1.93. The molecule has 0 saturated carbocycles. The third-order valence-corrected chi connectivity index (χ3v) is 5.15. The third kappa shape index (κ3) is 2.38. The van der Waals surface area contributed by atoms with Crippen molar-refractivity contribution in [2.75, 3.05) is 20.2 Å². The summed E-state index contributed by atoms with van der Waals surface area (Å²) < 4.78 is 32.6. The van der Waals surface area contributed by atoms with Gasteiger partial charge < -0.3 is 9.64 Å². The summed E-state index contributed by atoms with van der Waals surface area (Å²) in [6, 6.07) is 4.50. The highest BCUT2D eigenvalue weighted by atomic mass is 32.2. The minimum atomic E-state index is -3.60. The Balaban J connectivity index is 1.80. The molecule has 0 aromatic heterocycles. The van der Waals surface area contributed by atoms with Crippen molar-refractivity contribution in [3.8, 4) is 5.75 Å². The second-order valence-corrected chi connectivity index (χ2v) is 6.88. The van der Waals surface area contributed by atoms with E-state index in [1.165, 1.54) is 11.0 Å². The first-order valence-electron chi connectivity index (χ1n) is 6.48. The number of rotatable bonds is 3. The molecule has 1 N–H and O–H groups in total. The first-order valence-corrected chi connectivity index (χ1v) is 7.96. The van der Waals surface area contributed by atoms with Crippen molar-refractivity contribution in [1.82, 2.24) is 9.62 Å². The molecule has 0 radical (unpaired) electrons. The van der Waals surface area contributed by atoms with Crippen molar-refractivity contribution in [2.45, 2.75) is 23.8 Å². The highest BCUT2D eigenvalue weighted by Crippen LogP contribution is 2.27. The van der Waals surface area contributed by atoms with E-state index < -0.39 is 10.0 Å². The van der Waals surface area contributed by atoms with E-state index in [1.807, 2.05) is 0 Å². The van der Waals surface area contributed by atoms with E-state index >= 15 is 0 Å². The van der Waals surface area contributed by atoms with Gasteiger partial charge in [0.25, 0.3) is 0 Å². The predicted molar refractivity (Wildman–Crippen MR) is 72.0 cm³/mol. The number of nitrogens with zero attached hydrogens (tertiary/aromatic N) is 1. The molecule has 1 amide bonds. The standard InChI is InChI=1S/C13H16N2O4S/c1-15-8-10(7-13(15)16)14-20(17,18)11-2-3-12-9(6-11)4-5-19-12/h2-3,6,10,14H,4-5,7-8H2,1H3/t10-/m0/s1. The van der Waals surface area contributed by atoms with Gasteiger partial charge in [0.05, 0.1) is 11.5 Å². The largest absolute Gasteiger partial charge is 0.493 e. The number of hydrogen-bond donors (Lipinski definition) is 1. The lowest BCUT2D eigenvalue weighted by molar-refractivity contribution is -0.126. The summed E-state index contributed by atoms with van der Waals surface area (Å²) in [5.41, 5.74) is 0.910. The SMILES string of the molecule is CN1C[C@@H](NS(=O)(=O)c2ccc3c(c2)CCO3)CC1=O. The minimum absolute atomic E-state index is 0.0416. The average molecular weight is 296 g/mol. The maximum atomic E-state index is 12.3. The summed E-state index contributed by atoms with van der Waals surface area (Å²) >= 11 is 0. The topological polar surface area (TPSA) is 75.7 Å². The van der Waals surface area contributed by atoms with Gasteiger partial charge in [-0.3, -0.25) is 4.79 Å². The van der Waals surface area contributed by atoms with Crippen molar-refractivity contribution in [1.29, 1.82) is 0 Å². The Morgan fingerprint density at radius 2 is 2.20 bits per heavy atom. The van der Waals surface area contributed by atoms with E-state index in [0.717, 1.165) is 17.7 Å². The lowest BCUT2D eigenvalue weighted by atomic mass is 10.2. The fourth-order valence-electron chi connectivity index (χ4n) is 2.56. The Labute approximate surface area is 117 Å². The van der Waals surface area contributed by atoms with Crippen molar-refractivity contribution >= 4 is 15.9 Å². The van der Waals surface area contributed by atoms with Crippen LogP contribution in [0.2, 0.25) is 0 Å². The Morgan fingerprint density at radius 1 is 1.40 bits per heavy atom. The Morgan fingerprint density at radius 3 is 2.90 bits per heavy atom. The molecule has 0 spiro atoms. The molecule has 7 heteroatoms. The zero-order valence-corrected chi connectivity index (χ0v) is 11.9. The van der Waals surface area contributed by atoms with E-state index in [9.17, 15) is 13.2 Å². The van der Waals surface area contributed by atoms with E-state index in [2.05, 4.69) is 4.72 Å². The lowest BCUT2D eigenvalue weighted by Gasteiger charge is -2.13. The van der Waals surface area contributed by atoms with E-state index in [0.29, 0.717) is 13.2 Å². The summed E-state index contributed by atoms with van der Waals surface area (Å²) in [6.45, 7) is 1.00. The minimum Gasteiger partial charge on any atom is -0.493 e. The van der Waals surface area contributed by atoms with Crippen LogP contribution >= 0.6 is 0 Å². The molecule has 3 rings (SSSR count). The number of amides is 1. The highest BCUT2D eigenvalue weighted by Gasteiger charge is 2.31. The molecule has 1 saturated heterocycles. The Kier molecular flexibility index (Phi) is 3.18. The first-order chi connectivity index (χ1) is 9.45. The van der Waals surface area contributed by atoms with Gasteiger partial charge in [0.1, 0.15) is 5.75 Å². The number of benzene rings is 1. The van der Waals surface area contributed by atoms with Crippen LogP contribution in [0.3, 0.4) is 0 Å². The van der Waals surface area contributed by atoms with Gasteiger partial charge in [0.2, 0.25) is 15.9 Å². The molecule has 20 heavy (non-hydrogen) atoms. The molecule has 108 valence electrons. The third-order valence-electron chi connectivity index (χ3n) is 3.63. The lowest BCUT2D eigenvalue weighted by Crippen LogP contribution is -2.36. The molecule has 2 aliphatic rings. The van der Waals surface area contributed by atoms with Gasteiger partial charge in [-0.2, -0.15) is 0 Å². The fourth-order valence-corrected chi connectivity index (χ4v) is 3.84. The average Bonchev–Trinajstić information content (AvgIpc) is 2.95.